The van der Waals surface area contributed by atoms with Crippen molar-refractivity contribution in [1.82, 2.24) is 25.8 Å². The van der Waals surface area contributed by atoms with Crippen LogP contribution in [0.1, 0.15) is 75.2 Å². The molecule has 0 saturated carbocycles. The van der Waals surface area contributed by atoms with Crippen molar-refractivity contribution in [2.24, 2.45) is 0 Å². The SMILES string of the molecule is CCOC(=O)CNC(=O)C(C)(C)N(CCOCCOCCOC)C(=O)CCC(NC(=O)OC(C)(C)C)C(=O)N(CCOCCOCCOC)C(C)(C)C(=O)NCC(=O)OCC. The van der Waals surface area contributed by atoms with E-state index in [9.17, 15) is 33.6 Å². The predicted molar refractivity (Wildman–Crippen MR) is 220 cm³/mol. The number of nitrogens with one attached hydrogen (secondary N) is 3. The predicted octanol–water partition coefficient (Wildman–Crippen LogP) is 0.592. The number of carbonyl (C=O) groups excluding carboxylic acids is 7. The van der Waals surface area contributed by atoms with Gasteiger partial charge in [-0.05, 0) is 68.7 Å². The minimum absolute atomic E-state index is 0.00716. The van der Waals surface area contributed by atoms with Crippen molar-refractivity contribution < 1.29 is 76.2 Å². The number of nitrogens with zero attached hydrogens (tertiary/aromatic N) is 2. The van der Waals surface area contributed by atoms with Gasteiger partial charge in [-0.1, -0.05) is 0 Å². The number of rotatable bonds is 33. The van der Waals surface area contributed by atoms with E-state index in [1.807, 2.05) is 0 Å². The standard InChI is InChI=1S/C40H73N5O16/c1-12-59-32(47)28-41-35(50)39(6,7)44(16-18-55-24-26-57-22-20-53-10)31(46)15-14-30(43-37(52)61-38(3,4)5)34(49)45(17-19-56-25-27-58-23-21-54-11)40(8,9)36(51)42-29-33(48)60-13-2/h30H,12-29H2,1-11H3,(H,41,50)(H,42,51)(H,43,52). The Hall–Kier alpha value is -4.15. The van der Waals surface area contributed by atoms with Crippen LogP contribution in [-0.2, 0) is 71.4 Å². The molecule has 0 heterocycles. The van der Waals surface area contributed by atoms with Gasteiger partial charge in [0.25, 0.3) is 0 Å². The summed E-state index contributed by atoms with van der Waals surface area (Å²) in [7, 11) is 3.09. The largest absolute Gasteiger partial charge is 0.465 e. The van der Waals surface area contributed by atoms with E-state index < -0.39 is 77.5 Å². The zero-order valence-electron chi connectivity index (χ0n) is 38.2. The molecule has 21 heteroatoms. The second-order valence-corrected chi connectivity index (χ2v) is 15.3. The number of ether oxygens (including phenoxy) is 9. The smallest absolute Gasteiger partial charge is 0.408 e. The number of carbonyl (C=O) groups is 7. The Bertz CT molecular complexity index is 1340. The van der Waals surface area contributed by atoms with Crippen molar-refractivity contribution in [3.8, 4) is 0 Å². The van der Waals surface area contributed by atoms with E-state index in [1.54, 1.807) is 48.8 Å². The quantitative estimate of drug-likeness (QED) is 0.0464. The molecule has 0 aromatic rings. The van der Waals surface area contributed by atoms with E-state index in [2.05, 4.69) is 16.0 Å². The normalized spacial score (nSPS) is 12.2. The Morgan fingerprint density at radius 2 is 0.951 bits per heavy atom. The van der Waals surface area contributed by atoms with Gasteiger partial charge in [0.05, 0.1) is 79.3 Å². The van der Waals surface area contributed by atoms with Crippen LogP contribution in [0.15, 0.2) is 0 Å². The molecular weight excluding hydrogens is 806 g/mol. The molecule has 0 aliphatic carbocycles. The van der Waals surface area contributed by atoms with Crippen LogP contribution in [0.25, 0.3) is 0 Å². The minimum Gasteiger partial charge on any atom is -0.465 e. The first kappa shape index (κ1) is 56.9. The van der Waals surface area contributed by atoms with E-state index in [-0.39, 0.29) is 78.8 Å². The first-order valence-corrected chi connectivity index (χ1v) is 20.5. The highest BCUT2D eigenvalue weighted by Gasteiger charge is 2.42. The Balaban J connectivity index is 6.63. The maximum Gasteiger partial charge on any atom is 0.408 e. The van der Waals surface area contributed by atoms with Crippen molar-refractivity contribution in [1.29, 1.82) is 0 Å². The maximum atomic E-state index is 14.6. The fourth-order valence-corrected chi connectivity index (χ4v) is 5.33. The molecule has 0 aromatic heterocycles. The molecule has 0 aromatic carbocycles. The summed E-state index contributed by atoms with van der Waals surface area (Å²) in [6, 6.07) is -1.45. The number of amides is 5. The molecule has 0 fully saturated rings. The molecule has 354 valence electrons. The first-order chi connectivity index (χ1) is 28.7. The average molecular weight is 880 g/mol. The van der Waals surface area contributed by atoms with Crippen molar-refractivity contribution >= 4 is 41.7 Å². The fraction of sp³-hybridized carbons (Fsp3) is 0.825. The topological polar surface area (TPSA) is 245 Å². The molecule has 0 spiro atoms. The second-order valence-electron chi connectivity index (χ2n) is 15.3. The van der Waals surface area contributed by atoms with Gasteiger partial charge in [-0.2, -0.15) is 0 Å². The summed E-state index contributed by atoms with van der Waals surface area (Å²) in [5.74, 6) is -4.11. The van der Waals surface area contributed by atoms with E-state index >= 15 is 0 Å². The fourth-order valence-electron chi connectivity index (χ4n) is 5.33. The van der Waals surface area contributed by atoms with Crippen LogP contribution in [0.2, 0.25) is 0 Å². The lowest BCUT2D eigenvalue weighted by atomic mass is 9.97. The molecular formula is C40H73N5O16. The zero-order chi connectivity index (χ0) is 46.5. The second kappa shape index (κ2) is 30.8. The number of esters is 2. The number of alkyl carbamates (subject to hydrolysis) is 1. The van der Waals surface area contributed by atoms with Crippen molar-refractivity contribution in [3.05, 3.63) is 0 Å². The molecule has 21 nitrogen and oxygen atoms in total. The van der Waals surface area contributed by atoms with Gasteiger partial charge < -0.3 is 68.4 Å². The van der Waals surface area contributed by atoms with Gasteiger partial charge in [0, 0.05) is 33.7 Å². The van der Waals surface area contributed by atoms with Gasteiger partial charge in [0.2, 0.25) is 23.6 Å². The lowest BCUT2D eigenvalue weighted by Gasteiger charge is -2.40. The van der Waals surface area contributed by atoms with Crippen molar-refractivity contribution in [3.63, 3.8) is 0 Å². The zero-order valence-corrected chi connectivity index (χ0v) is 38.2. The number of methoxy groups -OCH3 is 2. The molecule has 0 saturated heterocycles. The lowest BCUT2D eigenvalue weighted by Crippen LogP contribution is -2.62. The Kier molecular flexibility index (Phi) is 28.7. The van der Waals surface area contributed by atoms with Crippen LogP contribution >= 0.6 is 0 Å². The van der Waals surface area contributed by atoms with Gasteiger partial charge >= 0.3 is 18.0 Å². The minimum atomic E-state index is -1.64. The Morgan fingerprint density at radius 1 is 0.557 bits per heavy atom. The molecule has 0 aliphatic rings. The van der Waals surface area contributed by atoms with Crippen LogP contribution in [-0.4, -0.2) is 194 Å². The van der Waals surface area contributed by atoms with Gasteiger partial charge in [-0.15, -0.1) is 0 Å². The van der Waals surface area contributed by atoms with E-state index in [0.29, 0.717) is 26.4 Å². The number of hydrogen-bond acceptors (Lipinski definition) is 16. The van der Waals surface area contributed by atoms with E-state index in [4.69, 9.17) is 42.6 Å². The monoisotopic (exact) mass is 880 g/mol. The lowest BCUT2D eigenvalue weighted by molar-refractivity contribution is -0.151. The van der Waals surface area contributed by atoms with Crippen LogP contribution < -0.4 is 16.0 Å². The summed E-state index contributed by atoms with van der Waals surface area (Å²) in [5.41, 5.74) is -4.16. The van der Waals surface area contributed by atoms with Crippen LogP contribution in [0, 0.1) is 0 Å². The Morgan fingerprint density at radius 3 is 1.36 bits per heavy atom. The summed E-state index contributed by atoms with van der Waals surface area (Å²) >= 11 is 0. The van der Waals surface area contributed by atoms with Gasteiger partial charge in [0.1, 0.15) is 35.8 Å². The third-order valence-corrected chi connectivity index (χ3v) is 8.59. The van der Waals surface area contributed by atoms with Crippen LogP contribution in [0.3, 0.4) is 0 Å². The molecule has 5 amide bonds. The molecule has 0 aliphatic heterocycles. The van der Waals surface area contributed by atoms with Gasteiger partial charge in [0.15, 0.2) is 0 Å². The highest BCUT2D eigenvalue weighted by atomic mass is 16.6. The molecule has 0 rings (SSSR count). The van der Waals surface area contributed by atoms with E-state index in [0.717, 1.165) is 0 Å². The summed E-state index contributed by atoms with van der Waals surface area (Å²) in [4.78, 5) is 95.7. The summed E-state index contributed by atoms with van der Waals surface area (Å²) in [6.45, 7) is 15.3. The highest BCUT2D eigenvalue weighted by Crippen LogP contribution is 2.21. The molecule has 3 N–H and O–H groups in total. The third-order valence-electron chi connectivity index (χ3n) is 8.59. The molecule has 1 atom stereocenters. The van der Waals surface area contributed by atoms with Gasteiger partial charge in [-0.3, -0.25) is 28.8 Å². The molecule has 0 bridgehead atoms. The van der Waals surface area contributed by atoms with E-state index in [1.165, 1.54) is 37.5 Å². The Labute approximate surface area is 360 Å². The van der Waals surface area contributed by atoms with Crippen molar-refractivity contribution in [2.75, 3.05) is 120 Å². The van der Waals surface area contributed by atoms with Crippen molar-refractivity contribution in [2.45, 2.75) is 97.9 Å². The third kappa shape index (κ3) is 24.2. The molecule has 61 heavy (non-hydrogen) atoms. The van der Waals surface area contributed by atoms with Crippen LogP contribution in [0.5, 0.6) is 0 Å². The summed E-state index contributed by atoms with van der Waals surface area (Å²) in [5, 5.41) is 7.57. The maximum absolute atomic E-state index is 14.6. The summed E-state index contributed by atoms with van der Waals surface area (Å²) in [6.07, 6.45) is -1.67. The number of hydrogen-bond donors (Lipinski definition) is 3. The summed E-state index contributed by atoms with van der Waals surface area (Å²) < 4.78 is 47.5. The average Bonchev–Trinajstić information content (AvgIpc) is 3.18. The first-order valence-electron chi connectivity index (χ1n) is 20.5. The molecule has 1 unspecified atom stereocenters. The molecule has 0 radical (unpaired) electrons. The van der Waals surface area contributed by atoms with Crippen LogP contribution in [0.4, 0.5) is 4.79 Å². The van der Waals surface area contributed by atoms with Gasteiger partial charge in [-0.25, -0.2) is 4.79 Å². The highest BCUT2D eigenvalue weighted by molar-refractivity contribution is 5.95.